The van der Waals surface area contributed by atoms with E-state index in [0.717, 1.165) is 12.8 Å². The maximum absolute atomic E-state index is 12.5. The number of rotatable bonds is 7. The lowest BCUT2D eigenvalue weighted by molar-refractivity contribution is -0.119. The number of ether oxygens (including phenoxy) is 1. The van der Waals surface area contributed by atoms with E-state index in [2.05, 4.69) is 10.3 Å². The minimum Gasteiger partial charge on any atom is -0.495 e. The van der Waals surface area contributed by atoms with Gasteiger partial charge < -0.3 is 19.4 Å². The molecule has 0 spiro atoms. The fraction of sp³-hybridized carbons (Fsp3) is 0.292. The summed E-state index contributed by atoms with van der Waals surface area (Å²) < 4.78 is 11.2. The highest BCUT2D eigenvalue weighted by Crippen LogP contribution is 2.34. The van der Waals surface area contributed by atoms with E-state index >= 15 is 0 Å². The van der Waals surface area contributed by atoms with Crippen LogP contribution in [0.1, 0.15) is 31.6 Å². The predicted molar refractivity (Wildman–Crippen MR) is 128 cm³/mol. The number of nitrogens with one attached hydrogen (secondary N) is 1. The van der Waals surface area contributed by atoms with Crippen LogP contribution in [0.25, 0.3) is 11.3 Å². The van der Waals surface area contributed by atoms with E-state index in [4.69, 9.17) is 32.4 Å². The van der Waals surface area contributed by atoms with Gasteiger partial charge in [-0.1, -0.05) is 23.2 Å². The van der Waals surface area contributed by atoms with Crippen molar-refractivity contribution in [3.8, 4) is 17.1 Å². The minimum absolute atomic E-state index is 0.0588. The predicted octanol–water partition coefficient (Wildman–Crippen LogP) is 5.75. The number of methoxy groups -OCH3 is 1. The quantitative estimate of drug-likeness (QED) is 0.458. The molecule has 7 nitrogen and oxygen atoms in total. The Morgan fingerprint density at radius 1 is 1.21 bits per heavy atom. The Bertz CT molecular complexity index is 1180. The highest BCUT2D eigenvalue weighted by atomic mass is 35.5. The monoisotopic (exact) mass is 487 g/mol. The number of carbonyl (C=O) groups is 2. The summed E-state index contributed by atoms with van der Waals surface area (Å²) >= 11 is 12.2. The summed E-state index contributed by atoms with van der Waals surface area (Å²) in [4.78, 5) is 30.8. The van der Waals surface area contributed by atoms with Crippen LogP contribution in [0.3, 0.4) is 0 Å². The molecule has 172 valence electrons. The molecule has 4 rings (SSSR count). The lowest BCUT2D eigenvalue weighted by Gasteiger charge is -2.28. The second-order valence-electron chi connectivity index (χ2n) is 7.68. The Morgan fingerprint density at radius 2 is 2.06 bits per heavy atom. The Kier molecular flexibility index (Phi) is 7.20. The molecule has 1 saturated heterocycles. The first-order chi connectivity index (χ1) is 15.9. The van der Waals surface area contributed by atoms with Crippen molar-refractivity contribution in [2.24, 2.45) is 0 Å². The molecule has 3 aromatic rings. The van der Waals surface area contributed by atoms with Gasteiger partial charge in [0.1, 0.15) is 5.75 Å². The summed E-state index contributed by atoms with van der Waals surface area (Å²) in [7, 11) is 1.56. The topological polar surface area (TPSA) is 84.7 Å². The molecule has 0 atom stereocenters. The summed E-state index contributed by atoms with van der Waals surface area (Å²) in [6, 6.07) is 10.4. The van der Waals surface area contributed by atoms with Gasteiger partial charge in [-0.05, 0) is 49.2 Å². The second kappa shape index (κ2) is 10.3. The zero-order chi connectivity index (χ0) is 23.4. The number of aromatic nitrogens is 1. The zero-order valence-corrected chi connectivity index (χ0v) is 19.6. The van der Waals surface area contributed by atoms with Crippen LogP contribution in [0, 0.1) is 0 Å². The van der Waals surface area contributed by atoms with Gasteiger partial charge in [0, 0.05) is 42.1 Å². The number of aryl methyl sites for hydroxylation is 1. The molecule has 0 saturated carbocycles. The molecule has 1 aliphatic rings. The fourth-order valence-corrected chi connectivity index (χ4v) is 4.22. The van der Waals surface area contributed by atoms with Crippen molar-refractivity contribution in [3.63, 3.8) is 0 Å². The molecular formula is C24H23Cl2N3O4. The number of carbonyl (C=O) groups excluding carboxylic acids is 2. The van der Waals surface area contributed by atoms with Gasteiger partial charge in [0.05, 0.1) is 24.0 Å². The van der Waals surface area contributed by atoms with E-state index in [9.17, 15) is 9.59 Å². The molecule has 2 amide bonds. The number of piperidine rings is 1. The SMILES string of the molecule is COc1ccc(NC(=O)CCc2ncc(-c3ccc(Cl)cc3Cl)o2)cc1N1CCCCC1=O. The standard InChI is InChI=1S/C24H23Cl2N3O4/c1-32-20-8-6-16(13-19(20)29-11-3-2-4-24(29)31)28-22(30)9-10-23-27-14-21(33-23)17-7-5-15(25)12-18(17)26/h5-8,12-14H,2-4,9-11H2,1H3,(H,28,30). The van der Waals surface area contributed by atoms with Crippen LogP contribution in [-0.4, -0.2) is 30.5 Å². The average Bonchev–Trinajstić information content (AvgIpc) is 3.27. The number of anilines is 2. The highest BCUT2D eigenvalue weighted by molar-refractivity contribution is 6.36. The molecule has 0 aliphatic carbocycles. The first-order valence-corrected chi connectivity index (χ1v) is 11.4. The summed E-state index contributed by atoms with van der Waals surface area (Å²) in [5, 5.41) is 3.87. The first-order valence-electron chi connectivity index (χ1n) is 10.6. The third kappa shape index (κ3) is 5.49. The van der Waals surface area contributed by atoms with Crippen LogP contribution in [-0.2, 0) is 16.0 Å². The van der Waals surface area contributed by atoms with Gasteiger partial charge in [-0.15, -0.1) is 0 Å². The van der Waals surface area contributed by atoms with Crippen molar-refractivity contribution >= 4 is 46.4 Å². The molecule has 9 heteroatoms. The van der Waals surface area contributed by atoms with E-state index in [1.165, 1.54) is 0 Å². The van der Waals surface area contributed by atoms with Crippen molar-refractivity contribution in [3.05, 3.63) is 58.5 Å². The second-order valence-corrected chi connectivity index (χ2v) is 8.52. The third-order valence-electron chi connectivity index (χ3n) is 5.39. The lowest BCUT2D eigenvalue weighted by atomic mass is 10.1. The van der Waals surface area contributed by atoms with Crippen LogP contribution < -0.4 is 15.0 Å². The van der Waals surface area contributed by atoms with Crippen LogP contribution in [0.5, 0.6) is 5.75 Å². The van der Waals surface area contributed by atoms with E-state index in [0.29, 0.717) is 63.8 Å². The third-order valence-corrected chi connectivity index (χ3v) is 5.94. The van der Waals surface area contributed by atoms with E-state index < -0.39 is 0 Å². The number of halogens is 2. The molecule has 1 aromatic heterocycles. The molecular weight excluding hydrogens is 465 g/mol. The van der Waals surface area contributed by atoms with Crippen molar-refractivity contribution < 1.29 is 18.7 Å². The van der Waals surface area contributed by atoms with Crippen LogP contribution in [0.15, 0.2) is 47.0 Å². The van der Waals surface area contributed by atoms with Crippen molar-refractivity contribution in [2.75, 3.05) is 23.9 Å². The molecule has 1 fully saturated rings. The van der Waals surface area contributed by atoms with E-state index in [-0.39, 0.29) is 18.2 Å². The molecule has 2 aromatic carbocycles. The molecule has 0 bridgehead atoms. The average molecular weight is 488 g/mol. The van der Waals surface area contributed by atoms with Gasteiger partial charge in [-0.2, -0.15) is 0 Å². The molecule has 1 N–H and O–H groups in total. The normalized spacial score (nSPS) is 13.8. The number of oxazole rings is 1. The summed E-state index contributed by atoms with van der Waals surface area (Å²) in [6.45, 7) is 0.636. The maximum Gasteiger partial charge on any atom is 0.227 e. The van der Waals surface area contributed by atoms with Crippen LogP contribution >= 0.6 is 23.2 Å². The minimum atomic E-state index is -0.194. The Morgan fingerprint density at radius 3 is 2.82 bits per heavy atom. The molecule has 0 radical (unpaired) electrons. The molecule has 1 aliphatic heterocycles. The first kappa shape index (κ1) is 23.1. The Labute approximate surface area is 201 Å². The van der Waals surface area contributed by atoms with Crippen LogP contribution in [0.4, 0.5) is 11.4 Å². The molecule has 0 unspecified atom stereocenters. The number of amides is 2. The van der Waals surface area contributed by atoms with Crippen molar-refractivity contribution in [1.82, 2.24) is 4.98 Å². The Hall–Kier alpha value is -3.03. The van der Waals surface area contributed by atoms with Crippen molar-refractivity contribution in [2.45, 2.75) is 32.1 Å². The summed E-state index contributed by atoms with van der Waals surface area (Å²) in [5.41, 5.74) is 1.94. The van der Waals surface area contributed by atoms with E-state index in [1.807, 2.05) is 0 Å². The number of nitrogens with zero attached hydrogens (tertiary/aromatic N) is 2. The maximum atomic E-state index is 12.5. The van der Waals surface area contributed by atoms with E-state index in [1.54, 1.807) is 54.6 Å². The Balaban J connectivity index is 1.40. The highest BCUT2D eigenvalue weighted by Gasteiger charge is 2.23. The smallest absolute Gasteiger partial charge is 0.227 e. The lowest BCUT2D eigenvalue weighted by Crippen LogP contribution is -2.35. The molecule has 2 heterocycles. The van der Waals surface area contributed by atoms with Gasteiger partial charge in [-0.25, -0.2) is 4.98 Å². The zero-order valence-electron chi connectivity index (χ0n) is 18.1. The van der Waals surface area contributed by atoms with Gasteiger partial charge in [0.2, 0.25) is 11.8 Å². The number of hydrogen-bond donors (Lipinski definition) is 1. The summed E-state index contributed by atoms with van der Waals surface area (Å²) in [6.07, 6.45) is 4.42. The largest absolute Gasteiger partial charge is 0.495 e. The van der Waals surface area contributed by atoms with Gasteiger partial charge in [0.25, 0.3) is 0 Å². The summed E-state index contributed by atoms with van der Waals surface area (Å²) in [5.74, 6) is 1.40. The molecule has 33 heavy (non-hydrogen) atoms. The van der Waals surface area contributed by atoms with Gasteiger partial charge in [0.15, 0.2) is 11.7 Å². The van der Waals surface area contributed by atoms with Gasteiger partial charge in [-0.3, -0.25) is 9.59 Å². The van der Waals surface area contributed by atoms with Crippen molar-refractivity contribution in [1.29, 1.82) is 0 Å². The van der Waals surface area contributed by atoms with Crippen LogP contribution in [0.2, 0.25) is 10.0 Å². The van der Waals surface area contributed by atoms with Gasteiger partial charge >= 0.3 is 0 Å². The fourth-order valence-electron chi connectivity index (χ4n) is 3.72. The number of hydrogen-bond acceptors (Lipinski definition) is 5. The number of benzene rings is 2.